The Morgan fingerprint density at radius 2 is 0.857 bits per heavy atom. The first-order chi connectivity index (χ1) is 26.9. The Balaban J connectivity index is 0.000000172. The van der Waals surface area contributed by atoms with Gasteiger partial charge >= 0.3 is 0 Å². The van der Waals surface area contributed by atoms with Crippen molar-refractivity contribution in [3.05, 3.63) is 154 Å². The summed E-state index contributed by atoms with van der Waals surface area (Å²) in [6.45, 7) is 4.63. The fourth-order valence-corrected chi connectivity index (χ4v) is 7.64. The first kappa shape index (κ1) is 38.6. The number of hydrogen-bond donors (Lipinski definition) is 2. The van der Waals surface area contributed by atoms with Crippen molar-refractivity contribution < 1.29 is 19.7 Å². The molecule has 8 aromatic rings. The van der Waals surface area contributed by atoms with Crippen LogP contribution in [0, 0.1) is 22.7 Å². The Hall–Kier alpha value is -5.62. The number of nitrogens with zero attached hydrogens (tertiary/aromatic N) is 4. The van der Waals surface area contributed by atoms with Crippen molar-refractivity contribution in [3.8, 4) is 23.6 Å². The lowest BCUT2D eigenvalue weighted by Gasteiger charge is -2.25. The highest BCUT2D eigenvalue weighted by atomic mass is 79.9. The molecular formula is C46H38Br2N4O4. The van der Waals surface area contributed by atoms with Gasteiger partial charge in [0, 0.05) is 52.6 Å². The lowest BCUT2D eigenvalue weighted by molar-refractivity contribution is -0.00130. The zero-order chi connectivity index (χ0) is 39.5. The predicted octanol–water partition coefficient (Wildman–Crippen LogP) is 10.5. The highest BCUT2D eigenvalue weighted by molar-refractivity contribution is 9.10. The molecule has 0 spiro atoms. The molecule has 10 heteroatoms. The summed E-state index contributed by atoms with van der Waals surface area (Å²) in [5, 5.41) is 44.7. The van der Waals surface area contributed by atoms with Crippen molar-refractivity contribution in [2.75, 3.05) is 13.2 Å². The molecule has 0 saturated heterocycles. The van der Waals surface area contributed by atoms with Crippen molar-refractivity contribution >= 4 is 75.5 Å². The molecule has 2 heterocycles. The van der Waals surface area contributed by atoms with Crippen LogP contribution in [0.1, 0.15) is 25.0 Å². The van der Waals surface area contributed by atoms with Gasteiger partial charge in [0.2, 0.25) is 0 Å². The quantitative estimate of drug-likeness (QED) is 0.141. The minimum Gasteiger partial charge on any atom is -0.491 e. The number of para-hydroxylation sites is 2. The Labute approximate surface area is 341 Å². The highest BCUT2D eigenvalue weighted by Gasteiger charge is 2.26. The minimum absolute atomic E-state index is 0.130. The van der Waals surface area contributed by atoms with Gasteiger partial charge in [0.05, 0.1) is 36.4 Å². The summed E-state index contributed by atoms with van der Waals surface area (Å²) in [7, 11) is 0. The number of aromatic nitrogens is 2. The molecule has 0 aliphatic carbocycles. The second kappa shape index (κ2) is 16.2. The normalized spacial score (nSPS) is 13.4. The number of rotatable bonds is 10. The zero-order valence-electron chi connectivity index (χ0n) is 30.8. The summed E-state index contributed by atoms with van der Waals surface area (Å²) in [6.07, 6.45) is 0. The van der Waals surface area contributed by atoms with Gasteiger partial charge < -0.3 is 28.8 Å². The first-order valence-electron chi connectivity index (χ1n) is 18.0. The Bertz CT molecular complexity index is 2630. The molecule has 0 aliphatic heterocycles. The number of ether oxygens (including phenoxy) is 2. The van der Waals surface area contributed by atoms with Gasteiger partial charge in [-0.25, -0.2) is 0 Å². The molecule has 2 aromatic heterocycles. The van der Waals surface area contributed by atoms with Crippen LogP contribution in [0.5, 0.6) is 11.5 Å². The average molecular weight is 871 g/mol. The lowest BCUT2D eigenvalue weighted by Crippen LogP contribution is -2.37. The fourth-order valence-electron chi connectivity index (χ4n) is 6.92. The molecule has 280 valence electrons. The van der Waals surface area contributed by atoms with Gasteiger partial charge in [-0.1, -0.05) is 68.3 Å². The summed E-state index contributed by atoms with van der Waals surface area (Å²) in [5.74, 6) is 1.46. The molecule has 0 bridgehead atoms. The van der Waals surface area contributed by atoms with E-state index in [4.69, 9.17) is 9.47 Å². The molecule has 0 aliphatic rings. The molecule has 2 atom stereocenters. The standard InChI is InChI=1S/C24H19N3O2.C22H19Br2NO2/c1-24(28,16-29-19-5-3-2-4-6-19)15-27-22-9-7-17(13-25)11-20(22)21-12-18(14-26)8-10-23(21)27;1-22(26,14-27-17-5-3-2-4-6-17)13-25-20-9-7-15(23)11-18(20)19-12-16(24)8-10-21(19)25/h2-12,28H,15-16H2,1H3;2-12,26H,13-14H2,1H3. The van der Waals surface area contributed by atoms with Crippen LogP contribution >= 0.6 is 31.9 Å². The van der Waals surface area contributed by atoms with Crippen LogP contribution in [0.25, 0.3) is 43.6 Å². The molecule has 6 aromatic carbocycles. The van der Waals surface area contributed by atoms with Crippen LogP contribution in [-0.2, 0) is 13.1 Å². The van der Waals surface area contributed by atoms with Crippen LogP contribution in [0.3, 0.4) is 0 Å². The minimum atomic E-state index is -1.13. The SMILES string of the molecule is CC(O)(COc1ccccc1)Cn1c2ccc(Br)cc2c2cc(Br)ccc21.CC(O)(COc1ccccc1)Cn1c2ccc(C#N)cc2c2cc(C#N)ccc21. The molecule has 2 N–H and O–H groups in total. The summed E-state index contributed by atoms with van der Waals surface area (Å²) < 4.78 is 17.8. The summed E-state index contributed by atoms with van der Waals surface area (Å²) in [6, 6.07) is 46.7. The number of halogens is 2. The molecule has 8 nitrogen and oxygen atoms in total. The average Bonchev–Trinajstić information content (AvgIpc) is 3.66. The largest absolute Gasteiger partial charge is 0.491 e. The van der Waals surface area contributed by atoms with Gasteiger partial charge in [-0.05, 0) is 111 Å². The molecule has 8 rings (SSSR count). The first-order valence-corrected chi connectivity index (χ1v) is 19.6. The molecule has 0 saturated carbocycles. The topological polar surface area (TPSA) is 116 Å². The van der Waals surface area contributed by atoms with Crippen molar-refractivity contribution in [1.82, 2.24) is 9.13 Å². The van der Waals surface area contributed by atoms with Crippen molar-refractivity contribution in [3.63, 3.8) is 0 Å². The van der Waals surface area contributed by atoms with Gasteiger partial charge in [0.25, 0.3) is 0 Å². The van der Waals surface area contributed by atoms with E-state index in [0.29, 0.717) is 30.0 Å². The molecule has 0 fully saturated rings. The van der Waals surface area contributed by atoms with E-state index in [-0.39, 0.29) is 13.2 Å². The van der Waals surface area contributed by atoms with Crippen molar-refractivity contribution in [1.29, 1.82) is 10.5 Å². The smallest absolute Gasteiger partial charge is 0.119 e. The highest BCUT2D eigenvalue weighted by Crippen LogP contribution is 2.35. The monoisotopic (exact) mass is 868 g/mol. The van der Waals surface area contributed by atoms with Crippen LogP contribution in [0.2, 0.25) is 0 Å². The van der Waals surface area contributed by atoms with Crippen LogP contribution in [0.15, 0.2) is 142 Å². The molecule has 0 radical (unpaired) electrons. The Morgan fingerprint density at radius 3 is 1.21 bits per heavy atom. The molecule has 2 unspecified atom stereocenters. The Kier molecular flexibility index (Phi) is 11.2. The maximum atomic E-state index is 11.0. The number of aliphatic hydroxyl groups is 2. The summed E-state index contributed by atoms with van der Waals surface area (Å²) in [4.78, 5) is 0. The summed E-state index contributed by atoms with van der Waals surface area (Å²) in [5.41, 5.74) is 2.93. The fraction of sp³-hybridized carbons (Fsp3) is 0.174. The van der Waals surface area contributed by atoms with E-state index in [0.717, 1.165) is 58.3 Å². The van der Waals surface area contributed by atoms with Crippen LogP contribution in [-0.4, -0.2) is 43.8 Å². The van der Waals surface area contributed by atoms with E-state index in [1.807, 2.05) is 109 Å². The van der Waals surface area contributed by atoms with Gasteiger partial charge in [0.1, 0.15) is 35.9 Å². The summed E-state index contributed by atoms with van der Waals surface area (Å²) >= 11 is 7.14. The van der Waals surface area contributed by atoms with Gasteiger partial charge in [-0.15, -0.1) is 0 Å². The van der Waals surface area contributed by atoms with E-state index in [1.165, 1.54) is 0 Å². The maximum Gasteiger partial charge on any atom is 0.119 e. The third kappa shape index (κ3) is 8.60. The Morgan fingerprint density at radius 1 is 0.518 bits per heavy atom. The van der Waals surface area contributed by atoms with E-state index < -0.39 is 11.2 Å². The van der Waals surface area contributed by atoms with Gasteiger partial charge in [-0.2, -0.15) is 10.5 Å². The van der Waals surface area contributed by atoms with E-state index in [2.05, 4.69) is 72.8 Å². The van der Waals surface area contributed by atoms with E-state index in [9.17, 15) is 20.7 Å². The van der Waals surface area contributed by atoms with Crippen molar-refractivity contribution in [2.24, 2.45) is 0 Å². The number of benzene rings is 6. The molecule has 56 heavy (non-hydrogen) atoms. The number of hydrogen-bond acceptors (Lipinski definition) is 6. The molecular weight excluding hydrogens is 832 g/mol. The third-order valence-corrected chi connectivity index (χ3v) is 10.5. The van der Waals surface area contributed by atoms with E-state index >= 15 is 0 Å². The van der Waals surface area contributed by atoms with Crippen LogP contribution in [0.4, 0.5) is 0 Å². The number of fused-ring (bicyclic) bond motifs is 6. The number of nitriles is 2. The zero-order valence-corrected chi connectivity index (χ0v) is 34.0. The second-order valence-electron chi connectivity index (χ2n) is 14.4. The van der Waals surface area contributed by atoms with Gasteiger partial charge in [0.15, 0.2) is 0 Å². The molecule has 0 amide bonds. The van der Waals surface area contributed by atoms with Crippen molar-refractivity contribution in [2.45, 2.75) is 38.1 Å². The second-order valence-corrected chi connectivity index (χ2v) is 16.2. The maximum absolute atomic E-state index is 11.0. The van der Waals surface area contributed by atoms with E-state index in [1.54, 1.807) is 19.1 Å². The lowest BCUT2D eigenvalue weighted by atomic mass is 10.1. The van der Waals surface area contributed by atoms with Crippen LogP contribution < -0.4 is 9.47 Å². The van der Waals surface area contributed by atoms with Gasteiger partial charge in [-0.3, -0.25) is 0 Å². The third-order valence-electron chi connectivity index (χ3n) is 9.50. The predicted molar refractivity (Wildman–Crippen MR) is 229 cm³/mol.